The minimum Gasteiger partial charge on any atom is -0.465 e. The predicted molar refractivity (Wildman–Crippen MR) is 89.7 cm³/mol. The van der Waals surface area contributed by atoms with E-state index < -0.39 is 6.04 Å². The topological polar surface area (TPSA) is 110 Å². The van der Waals surface area contributed by atoms with E-state index in [0.29, 0.717) is 36.9 Å². The van der Waals surface area contributed by atoms with Gasteiger partial charge in [-0.3, -0.25) is 9.69 Å². The molecule has 9 heteroatoms. The number of carbonyl (C=O) groups excluding carboxylic acids is 1. The summed E-state index contributed by atoms with van der Waals surface area (Å²) in [6.45, 7) is 3.78. The third-order valence-electron chi connectivity index (χ3n) is 4.23. The van der Waals surface area contributed by atoms with E-state index in [-0.39, 0.29) is 5.91 Å². The van der Waals surface area contributed by atoms with Crippen molar-refractivity contribution >= 4 is 5.91 Å². The van der Waals surface area contributed by atoms with Crippen LogP contribution in [0.2, 0.25) is 0 Å². The van der Waals surface area contributed by atoms with E-state index in [9.17, 15) is 4.79 Å². The molecule has 3 aromatic heterocycles. The maximum atomic E-state index is 12.4. The summed E-state index contributed by atoms with van der Waals surface area (Å²) in [6, 6.07) is 6.95. The molecular weight excluding hydrogens is 336 g/mol. The van der Waals surface area contributed by atoms with Crippen LogP contribution in [-0.2, 0) is 17.8 Å². The average Bonchev–Trinajstić information content (AvgIpc) is 3.28. The quantitative estimate of drug-likeness (QED) is 0.722. The van der Waals surface area contributed by atoms with Crippen LogP contribution in [0.3, 0.4) is 0 Å². The smallest absolute Gasteiger partial charge is 0.237 e. The van der Waals surface area contributed by atoms with Gasteiger partial charge in [-0.05, 0) is 31.2 Å². The van der Waals surface area contributed by atoms with Gasteiger partial charge in [0.25, 0.3) is 0 Å². The molecule has 0 radical (unpaired) electrons. The highest BCUT2D eigenvalue weighted by Gasteiger charge is 2.32. The molecule has 1 amide bonds. The van der Waals surface area contributed by atoms with Crippen molar-refractivity contribution in [3.63, 3.8) is 0 Å². The zero-order chi connectivity index (χ0) is 17.9. The van der Waals surface area contributed by atoms with E-state index in [1.165, 1.54) is 0 Å². The molecule has 0 bridgehead atoms. The second-order valence-corrected chi connectivity index (χ2v) is 6.11. The summed E-state index contributed by atoms with van der Waals surface area (Å²) in [5, 5.41) is 14.6. The van der Waals surface area contributed by atoms with Crippen LogP contribution >= 0.6 is 0 Å². The van der Waals surface area contributed by atoms with E-state index in [4.69, 9.17) is 8.94 Å². The van der Waals surface area contributed by atoms with Gasteiger partial charge >= 0.3 is 0 Å². The Hall–Kier alpha value is -3.07. The minimum atomic E-state index is -0.399. The highest BCUT2D eigenvalue weighted by atomic mass is 16.5. The molecule has 4 rings (SSSR count). The molecule has 1 saturated heterocycles. The molecule has 26 heavy (non-hydrogen) atoms. The Balaban J connectivity index is 1.50. The molecule has 0 aromatic carbocycles. The van der Waals surface area contributed by atoms with Gasteiger partial charge in [-0.25, -0.2) is 0 Å². The molecular formula is C17H18N6O3. The SMILES string of the molecule is Cc1ccc(CN2CCNC(=O)[C@H]2Cc2nc(-c3cccnn3)no2)o1. The van der Waals surface area contributed by atoms with Gasteiger partial charge in [0.2, 0.25) is 17.6 Å². The van der Waals surface area contributed by atoms with E-state index in [0.717, 1.165) is 18.1 Å². The number of piperazine rings is 1. The fourth-order valence-electron chi connectivity index (χ4n) is 2.97. The van der Waals surface area contributed by atoms with Crippen LogP contribution in [0.1, 0.15) is 17.4 Å². The van der Waals surface area contributed by atoms with Gasteiger partial charge in [0.1, 0.15) is 17.2 Å². The first kappa shape index (κ1) is 16.4. The van der Waals surface area contributed by atoms with Crippen LogP contribution in [0.4, 0.5) is 0 Å². The number of aryl methyl sites for hydroxylation is 1. The molecule has 134 valence electrons. The summed E-state index contributed by atoms with van der Waals surface area (Å²) in [6.07, 6.45) is 1.89. The lowest BCUT2D eigenvalue weighted by Gasteiger charge is -2.33. The maximum Gasteiger partial charge on any atom is 0.237 e. The van der Waals surface area contributed by atoms with Crippen molar-refractivity contribution in [2.45, 2.75) is 25.9 Å². The first-order chi connectivity index (χ1) is 12.7. The van der Waals surface area contributed by atoms with Crippen LogP contribution in [0.5, 0.6) is 0 Å². The summed E-state index contributed by atoms with van der Waals surface area (Å²) in [7, 11) is 0. The van der Waals surface area contributed by atoms with Gasteiger partial charge in [0.15, 0.2) is 0 Å². The Labute approximate surface area is 149 Å². The molecule has 1 aliphatic rings. The van der Waals surface area contributed by atoms with E-state index in [2.05, 4.69) is 30.6 Å². The van der Waals surface area contributed by atoms with Crippen molar-refractivity contribution < 1.29 is 13.7 Å². The summed E-state index contributed by atoms with van der Waals surface area (Å²) >= 11 is 0. The summed E-state index contributed by atoms with van der Waals surface area (Å²) in [5.74, 6) is 2.36. The van der Waals surface area contributed by atoms with Gasteiger partial charge < -0.3 is 14.3 Å². The summed E-state index contributed by atoms with van der Waals surface area (Å²) in [4.78, 5) is 18.8. The van der Waals surface area contributed by atoms with Crippen molar-refractivity contribution in [1.82, 2.24) is 30.6 Å². The van der Waals surface area contributed by atoms with Crippen molar-refractivity contribution in [1.29, 1.82) is 0 Å². The zero-order valence-electron chi connectivity index (χ0n) is 14.3. The lowest BCUT2D eigenvalue weighted by molar-refractivity contribution is -0.129. The Bertz CT molecular complexity index is 891. The first-order valence-corrected chi connectivity index (χ1v) is 8.37. The Morgan fingerprint density at radius 3 is 3.04 bits per heavy atom. The van der Waals surface area contributed by atoms with Crippen molar-refractivity contribution in [2.75, 3.05) is 13.1 Å². The van der Waals surface area contributed by atoms with Crippen LogP contribution in [0.15, 0.2) is 39.4 Å². The van der Waals surface area contributed by atoms with Gasteiger partial charge in [0.05, 0.1) is 19.0 Å². The Morgan fingerprint density at radius 2 is 2.27 bits per heavy atom. The molecule has 0 unspecified atom stereocenters. The molecule has 1 fully saturated rings. The monoisotopic (exact) mass is 354 g/mol. The van der Waals surface area contributed by atoms with E-state index in [1.807, 2.05) is 19.1 Å². The van der Waals surface area contributed by atoms with Gasteiger partial charge in [-0.15, -0.1) is 5.10 Å². The molecule has 0 saturated carbocycles. The maximum absolute atomic E-state index is 12.4. The van der Waals surface area contributed by atoms with Crippen LogP contribution in [0, 0.1) is 6.92 Å². The minimum absolute atomic E-state index is 0.0567. The largest absolute Gasteiger partial charge is 0.465 e. The first-order valence-electron chi connectivity index (χ1n) is 8.37. The van der Waals surface area contributed by atoms with E-state index >= 15 is 0 Å². The van der Waals surface area contributed by atoms with Crippen LogP contribution < -0.4 is 5.32 Å². The highest BCUT2D eigenvalue weighted by molar-refractivity contribution is 5.82. The lowest BCUT2D eigenvalue weighted by atomic mass is 10.1. The number of carbonyl (C=O) groups is 1. The van der Waals surface area contributed by atoms with Gasteiger partial charge in [0, 0.05) is 19.3 Å². The third-order valence-corrected chi connectivity index (χ3v) is 4.23. The number of rotatable bonds is 5. The summed E-state index contributed by atoms with van der Waals surface area (Å²) < 4.78 is 11.0. The fourth-order valence-corrected chi connectivity index (χ4v) is 2.97. The third kappa shape index (κ3) is 3.47. The number of amides is 1. The highest BCUT2D eigenvalue weighted by Crippen LogP contribution is 2.18. The fraction of sp³-hybridized carbons (Fsp3) is 0.353. The number of hydrogen-bond acceptors (Lipinski definition) is 8. The normalized spacial score (nSPS) is 18.0. The van der Waals surface area contributed by atoms with Crippen LogP contribution in [0.25, 0.3) is 11.5 Å². The molecule has 4 heterocycles. The lowest BCUT2D eigenvalue weighted by Crippen LogP contribution is -2.55. The molecule has 0 aliphatic carbocycles. The number of hydrogen-bond donors (Lipinski definition) is 1. The standard InChI is InChI=1S/C17H18N6O3/c1-11-4-5-12(25-11)10-23-8-7-18-17(24)14(23)9-15-20-16(22-26-15)13-3-2-6-19-21-13/h2-6,14H,7-10H2,1H3,(H,18,24)/t14-/m1/s1. The van der Waals surface area contributed by atoms with Crippen LogP contribution in [-0.4, -0.2) is 50.3 Å². The second kappa shape index (κ2) is 7.04. The van der Waals surface area contributed by atoms with Crippen molar-refractivity contribution in [3.05, 3.63) is 47.9 Å². The van der Waals surface area contributed by atoms with Crippen molar-refractivity contribution in [2.24, 2.45) is 0 Å². The van der Waals surface area contributed by atoms with Gasteiger partial charge in [-0.1, -0.05) is 5.16 Å². The molecule has 1 aliphatic heterocycles. The number of nitrogens with one attached hydrogen (secondary N) is 1. The summed E-state index contributed by atoms with van der Waals surface area (Å²) in [5.41, 5.74) is 0.526. The van der Waals surface area contributed by atoms with Crippen molar-refractivity contribution in [3.8, 4) is 11.5 Å². The zero-order valence-corrected chi connectivity index (χ0v) is 14.3. The molecule has 3 aromatic rings. The second-order valence-electron chi connectivity index (χ2n) is 6.11. The van der Waals surface area contributed by atoms with Gasteiger partial charge in [-0.2, -0.15) is 10.1 Å². The molecule has 9 nitrogen and oxygen atoms in total. The molecule has 1 atom stereocenters. The predicted octanol–water partition coefficient (Wildman–Crippen LogP) is 0.971. The molecule has 0 spiro atoms. The Kier molecular flexibility index (Phi) is 4.44. The number of furan rings is 1. The average molecular weight is 354 g/mol. The Morgan fingerprint density at radius 1 is 1.35 bits per heavy atom. The number of nitrogens with zero attached hydrogens (tertiary/aromatic N) is 5. The number of aromatic nitrogens is 4. The van der Waals surface area contributed by atoms with E-state index in [1.54, 1.807) is 18.3 Å². The molecule has 1 N–H and O–H groups in total.